The number of carboxylic acids is 1. The second kappa shape index (κ2) is 5.62. The molecule has 0 atom stereocenters. The first-order valence-corrected chi connectivity index (χ1v) is 7.57. The molecule has 2 amide bonds. The Morgan fingerprint density at radius 1 is 1.20 bits per heavy atom. The van der Waals surface area contributed by atoms with E-state index in [-0.39, 0.29) is 23.3 Å². The Hall–Kier alpha value is -1.26. The lowest BCUT2D eigenvalue weighted by Crippen LogP contribution is -2.51. The predicted octanol–water partition coefficient (Wildman–Crippen LogP) is 2.46. The molecule has 20 heavy (non-hydrogen) atoms. The molecule has 2 N–H and O–H groups in total. The molecule has 0 spiro atoms. The maximum atomic E-state index is 12.2. The number of piperidine rings is 1. The molecule has 2 rings (SSSR count). The Morgan fingerprint density at radius 2 is 1.90 bits per heavy atom. The zero-order valence-electron chi connectivity index (χ0n) is 12.6. The van der Waals surface area contributed by atoms with E-state index in [0.29, 0.717) is 6.54 Å². The molecule has 0 radical (unpaired) electrons. The lowest BCUT2D eigenvalue weighted by molar-refractivity contribution is -0.141. The van der Waals surface area contributed by atoms with Crippen LogP contribution in [0.5, 0.6) is 0 Å². The van der Waals surface area contributed by atoms with Crippen LogP contribution in [0.15, 0.2) is 0 Å². The molecule has 1 heterocycles. The van der Waals surface area contributed by atoms with Crippen molar-refractivity contribution in [1.82, 2.24) is 10.2 Å². The van der Waals surface area contributed by atoms with Crippen molar-refractivity contribution in [3.63, 3.8) is 0 Å². The zero-order chi connectivity index (χ0) is 14.8. The highest BCUT2D eigenvalue weighted by Gasteiger charge is 2.39. The highest BCUT2D eigenvalue weighted by molar-refractivity contribution is 5.74. The van der Waals surface area contributed by atoms with Crippen LogP contribution >= 0.6 is 0 Å². The van der Waals surface area contributed by atoms with Gasteiger partial charge >= 0.3 is 12.0 Å². The number of carbonyl (C=O) groups excluding carboxylic acids is 1. The van der Waals surface area contributed by atoms with Gasteiger partial charge in [-0.25, -0.2) is 4.79 Å². The van der Waals surface area contributed by atoms with Crippen LogP contribution in [0.3, 0.4) is 0 Å². The highest BCUT2D eigenvalue weighted by atomic mass is 16.4. The molecule has 1 saturated heterocycles. The molecule has 5 nitrogen and oxygen atoms in total. The summed E-state index contributed by atoms with van der Waals surface area (Å²) in [5.74, 6) is -0.766. The fraction of sp³-hybridized carbons (Fsp3) is 0.867. The van der Waals surface area contributed by atoms with Gasteiger partial charge in [0, 0.05) is 19.6 Å². The van der Waals surface area contributed by atoms with Crippen LogP contribution in [-0.4, -0.2) is 41.6 Å². The van der Waals surface area contributed by atoms with Gasteiger partial charge in [-0.3, -0.25) is 4.79 Å². The summed E-state index contributed by atoms with van der Waals surface area (Å²) in [6.45, 7) is 6.45. The summed E-state index contributed by atoms with van der Waals surface area (Å²) in [7, 11) is 0. The summed E-state index contributed by atoms with van der Waals surface area (Å²) < 4.78 is 0. The Morgan fingerprint density at radius 3 is 2.40 bits per heavy atom. The van der Waals surface area contributed by atoms with E-state index in [4.69, 9.17) is 5.11 Å². The van der Waals surface area contributed by atoms with E-state index >= 15 is 0 Å². The van der Waals surface area contributed by atoms with E-state index in [2.05, 4.69) is 19.2 Å². The number of urea groups is 1. The SMILES string of the molecule is CC1(C)CCCN(C(=O)NCC2(CC(=O)O)CCC2)C1. The molecule has 0 aromatic heterocycles. The quantitative estimate of drug-likeness (QED) is 0.832. The van der Waals surface area contributed by atoms with Gasteiger partial charge in [0.25, 0.3) is 0 Å². The van der Waals surface area contributed by atoms with E-state index in [9.17, 15) is 9.59 Å². The van der Waals surface area contributed by atoms with Crippen molar-refractivity contribution in [1.29, 1.82) is 0 Å². The van der Waals surface area contributed by atoms with Crippen molar-refractivity contribution >= 4 is 12.0 Å². The topological polar surface area (TPSA) is 69.6 Å². The molecule has 1 saturated carbocycles. The fourth-order valence-corrected chi connectivity index (χ4v) is 3.39. The number of carbonyl (C=O) groups is 2. The number of hydrogen-bond acceptors (Lipinski definition) is 2. The molecular formula is C15H26N2O3. The van der Waals surface area contributed by atoms with Crippen molar-refractivity contribution in [2.45, 2.75) is 52.4 Å². The smallest absolute Gasteiger partial charge is 0.317 e. The summed E-state index contributed by atoms with van der Waals surface area (Å²) in [6.07, 6.45) is 5.25. The fourth-order valence-electron chi connectivity index (χ4n) is 3.39. The second-order valence-corrected chi connectivity index (χ2v) is 7.27. The number of nitrogens with one attached hydrogen (secondary N) is 1. The Kier molecular flexibility index (Phi) is 4.25. The van der Waals surface area contributed by atoms with Gasteiger partial charge in [0.1, 0.15) is 0 Å². The maximum Gasteiger partial charge on any atom is 0.317 e. The second-order valence-electron chi connectivity index (χ2n) is 7.27. The van der Waals surface area contributed by atoms with E-state index in [1.54, 1.807) is 0 Å². The monoisotopic (exact) mass is 282 g/mol. The van der Waals surface area contributed by atoms with Gasteiger partial charge in [-0.05, 0) is 36.5 Å². The van der Waals surface area contributed by atoms with Gasteiger partial charge in [-0.15, -0.1) is 0 Å². The van der Waals surface area contributed by atoms with Gasteiger partial charge < -0.3 is 15.3 Å². The van der Waals surface area contributed by atoms with Crippen LogP contribution < -0.4 is 5.32 Å². The normalized spacial score (nSPS) is 23.8. The summed E-state index contributed by atoms with van der Waals surface area (Å²) in [6, 6.07) is -0.0329. The van der Waals surface area contributed by atoms with Crippen LogP contribution in [0.25, 0.3) is 0 Å². The number of amides is 2. The molecule has 0 aromatic rings. The van der Waals surface area contributed by atoms with Gasteiger partial charge in [-0.1, -0.05) is 20.3 Å². The lowest BCUT2D eigenvalue weighted by Gasteiger charge is -2.42. The van der Waals surface area contributed by atoms with Crippen LogP contribution in [0.2, 0.25) is 0 Å². The molecule has 0 bridgehead atoms. The highest BCUT2D eigenvalue weighted by Crippen LogP contribution is 2.43. The average Bonchev–Trinajstić information content (AvgIpc) is 2.30. The van der Waals surface area contributed by atoms with E-state index in [1.165, 1.54) is 0 Å². The first-order chi connectivity index (χ1) is 9.32. The van der Waals surface area contributed by atoms with E-state index in [0.717, 1.165) is 45.2 Å². The van der Waals surface area contributed by atoms with Crippen molar-refractivity contribution in [2.75, 3.05) is 19.6 Å². The van der Waals surface area contributed by atoms with E-state index in [1.807, 2.05) is 4.90 Å². The predicted molar refractivity (Wildman–Crippen MR) is 76.5 cm³/mol. The van der Waals surface area contributed by atoms with Crippen LogP contribution in [0.4, 0.5) is 4.79 Å². The summed E-state index contributed by atoms with van der Waals surface area (Å²) in [4.78, 5) is 25.0. The van der Waals surface area contributed by atoms with Crippen molar-refractivity contribution < 1.29 is 14.7 Å². The molecule has 0 aromatic carbocycles. The Bertz CT molecular complexity index is 389. The van der Waals surface area contributed by atoms with Gasteiger partial charge in [0.2, 0.25) is 0 Å². The van der Waals surface area contributed by atoms with Crippen LogP contribution in [0, 0.1) is 10.8 Å². The third kappa shape index (κ3) is 3.64. The van der Waals surface area contributed by atoms with E-state index < -0.39 is 5.97 Å². The summed E-state index contributed by atoms with van der Waals surface area (Å²) in [5.41, 5.74) is -0.0163. The summed E-state index contributed by atoms with van der Waals surface area (Å²) >= 11 is 0. The van der Waals surface area contributed by atoms with Crippen molar-refractivity contribution in [3.05, 3.63) is 0 Å². The summed E-state index contributed by atoms with van der Waals surface area (Å²) in [5, 5.41) is 11.9. The Balaban J connectivity index is 1.84. The lowest BCUT2D eigenvalue weighted by atomic mass is 9.66. The van der Waals surface area contributed by atoms with Crippen LogP contribution in [0.1, 0.15) is 52.4 Å². The zero-order valence-corrected chi connectivity index (χ0v) is 12.6. The third-order valence-corrected chi connectivity index (χ3v) is 4.74. The number of rotatable bonds is 4. The molecule has 1 aliphatic heterocycles. The minimum absolute atomic E-state index is 0.0329. The Labute approximate surface area is 120 Å². The standard InChI is InChI=1S/C15H26N2O3/c1-14(2)5-4-8-17(11-14)13(20)16-10-15(6-3-7-15)9-12(18)19/h3-11H2,1-2H3,(H,16,20)(H,18,19). The first kappa shape index (κ1) is 15.1. The number of likely N-dealkylation sites (tertiary alicyclic amines) is 1. The first-order valence-electron chi connectivity index (χ1n) is 7.57. The molecule has 0 unspecified atom stereocenters. The van der Waals surface area contributed by atoms with Gasteiger partial charge in [-0.2, -0.15) is 0 Å². The van der Waals surface area contributed by atoms with Gasteiger partial charge in [0.05, 0.1) is 6.42 Å². The van der Waals surface area contributed by atoms with Crippen molar-refractivity contribution in [2.24, 2.45) is 10.8 Å². The minimum Gasteiger partial charge on any atom is -0.481 e. The largest absolute Gasteiger partial charge is 0.481 e. The molecule has 5 heteroatoms. The molecule has 2 aliphatic rings. The molecule has 1 aliphatic carbocycles. The minimum atomic E-state index is -0.766. The average molecular weight is 282 g/mol. The van der Waals surface area contributed by atoms with Crippen LogP contribution in [-0.2, 0) is 4.79 Å². The number of nitrogens with zero attached hydrogens (tertiary/aromatic N) is 1. The number of aliphatic carboxylic acids is 1. The number of hydrogen-bond donors (Lipinski definition) is 2. The molecule has 114 valence electrons. The molecular weight excluding hydrogens is 256 g/mol. The van der Waals surface area contributed by atoms with Gasteiger partial charge in [0.15, 0.2) is 0 Å². The molecule has 2 fully saturated rings. The van der Waals surface area contributed by atoms with Crippen molar-refractivity contribution in [3.8, 4) is 0 Å². The number of carboxylic acid groups (broad SMARTS) is 1. The maximum absolute atomic E-state index is 12.2. The third-order valence-electron chi connectivity index (χ3n) is 4.74.